The van der Waals surface area contributed by atoms with E-state index in [9.17, 15) is 44.0 Å². The Morgan fingerprint density at radius 2 is 1.03 bits per heavy atom. The molecule has 25 heteroatoms. The summed E-state index contributed by atoms with van der Waals surface area (Å²) in [5, 5.41) is 37.0. The van der Waals surface area contributed by atoms with Gasteiger partial charge in [0.15, 0.2) is 0 Å². The molecule has 0 aliphatic rings. The predicted molar refractivity (Wildman–Crippen MR) is 200 cm³/mol. The topological polar surface area (TPSA) is 344 Å². The molecule has 0 heterocycles. The summed E-state index contributed by atoms with van der Waals surface area (Å²) in [6.07, 6.45) is 0. The molecule has 59 heavy (non-hydrogen) atoms. The van der Waals surface area contributed by atoms with Crippen LogP contribution in [-0.2, 0) is 30.4 Å². The first-order valence-electron chi connectivity index (χ1n) is 15.5. The standard InChI is InChI=1S/C34H27N9O10S3.3Na/c35-21-5-1-20-14-32(56(51,52)53)33(34(44)25(20)15-21)43-40-28-12-4-19(13-31(28)55(48,49)50)18-2-6-22(7-3-18)38-41-29-17-30(27(37)16-26(29)36)42-39-23-8-10-24(11-9-23)54(45,46)47;;;/h1-17,44H,35-37H2,(H,45,46,47)(H,48,49,50)(H,51,52,53);;;/q;3*+1/p-3. The zero-order valence-corrected chi connectivity index (χ0v) is 39.5. The van der Waals surface area contributed by atoms with E-state index in [-0.39, 0.29) is 139 Å². The van der Waals surface area contributed by atoms with E-state index in [1.807, 2.05) is 0 Å². The predicted octanol–water partition coefficient (Wildman–Crippen LogP) is -2.36. The molecule has 0 amide bonds. The monoisotopic (exact) mass is 883 g/mol. The molecule has 0 bridgehead atoms. The van der Waals surface area contributed by atoms with E-state index >= 15 is 0 Å². The van der Waals surface area contributed by atoms with Crippen LogP contribution in [0.5, 0.6) is 5.75 Å². The molecule has 6 aromatic carbocycles. The van der Waals surface area contributed by atoms with Crippen LogP contribution in [0.4, 0.5) is 51.2 Å². The number of anilines is 3. The number of benzene rings is 6. The molecule has 19 nitrogen and oxygen atoms in total. The molecular weight excluding hydrogens is 860 g/mol. The Hall–Kier alpha value is -3.69. The van der Waals surface area contributed by atoms with E-state index in [1.54, 1.807) is 12.1 Å². The number of nitrogens with zero attached hydrogens (tertiary/aromatic N) is 6. The van der Waals surface area contributed by atoms with Gasteiger partial charge in [0.2, 0.25) is 0 Å². The van der Waals surface area contributed by atoms with Gasteiger partial charge in [0.25, 0.3) is 10.1 Å². The van der Waals surface area contributed by atoms with Crippen LogP contribution >= 0.6 is 0 Å². The first kappa shape index (κ1) is 49.7. The van der Waals surface area contributed by atoms with Gasteiger partial charge < -0.3 is 31.4 Å². The van der Waals surface area contributed by atoms with Gasteiger partial charge in [-0.3, -0.25) is 4.55 Å². The Labute approximate surface area is 403 Å². The fourth-order valence-electron chi connectivity index (χ4n) is 5.13. The van der Waals surface area contributed by atoms with Gasteiger partial charge >= 0.3 is 88.7 Å². The van der Waals surface area contributed by atoms with Gasteiger partial charge in [0.05, 0.1) is 38.2 Å². The minimum atomic E-state index is -5.21. The van der Waals surface area contributed by atoms with Gasteiger partial charge in [-0.1, -0.05) is 30.0 Å². The van der Waals surface area contributed by atoms with Crippen molar-refractivity contribution < 1.29 is 133 Å². The summed E-state index contributed by atoms with van der Waals surface area (Å²) in [6.45, 7) is 0. The van der Waals surface area contributed by atoms with Crippen LogP contribution in [0.25, 0.3) is 21.9 Å². The van der Waals surface area contributed by atoms with Crippen LogP contribution < -0.4 is 111 Å². The number of nitrogens with two attached hydrogens (primary N) is 3. The summed E-state index contributed by atoms with van der Waals surface area (Å²) in [6, 6.07) is 22.2. The zero-order chi connectivity index (χ0) is 40.6. The van der Waals surface area contributed by atoms with Crippen LogP contribution in [0.3, 0.4) is 0 Å². The maximum Gasteiger partial charge on any atom is 1.00 e. The SMILES string of the molecule is Nc1ccc2cc(S(=O)(=O)O)c(N=Nc3ccc(-c4ccc(N=Nc5cc(N=Nc6ccc(S(=O)(=O)[O-])cc6)c(N)cc5N)cc4)cc3S(=O)(=O)[O-])c([O-])c2c1.[Na+].[Na+].[Na+]. The molecule has 0 unspecified atom stereocenters. The second-order valence-corrected chi connectivity index (χ2v) is 15.8. The van der Waals surface area contributed by atoms with Crippen molar-refractivity contribution in [2.45, 2.75) is 14.7 Å². The third-order valence-corrected chi connectivity index (χ3v) is 10.5. The van der Waals surface area contributed by atoms with E-state index in [2.05, 4.69) is 30.7 Å². The van der Waals surface area contributed by atoms with Crippen molar-refractivity contribution in [1.82, 2.24) is 0 Å². The Balaban J connectivity index is 0.00000310. The van der Waals surface area contributed by atoms with E-state index in [0.29, 0.717) is 11.3 Å². The fraction of sp³-hybridized carbons (Fsp3) is 0. The van der Waals surface area contributed by atoms with Crippen LogP contribution in [-0.4, -0.2) is 38.9 Å². The Kier molecular flexibility index (Phi) is 16.7. The average molecular weight is 884 g/mol. The van der Waals surface area contributed by atoms with Crippen molar-refractivity contribution in [1.29, 1.82) is 0 Å². The Bertz CT molecular complexity index is 2990. The number of fused-ring (bicyclic) bond motifs is 1. The first-order valence-corrected chi connectivity index (χ1v) is 19.7. The van der Waals surface area contributed by atoms with Crippen LogP contribution in [0, 0.1) is 0 Å². The van der Waals surface area contributed by atoms with Gasteiger partial charge in [-0.25, -0.2) is 16.8 Å². The number of rotatable bonds is 10. The third kappa shape index (κ3) is 12.0. The number of hydrogen-bond donors (Lipinski definition) is 4. The van der Waals surface area contributed by atoms with Gasteiger partial charge in [-0.05, 0) is 101 Å². The Morgan fingerprint density at radius 3 is 1.56 bits per heavy atom. The smallest absolute Gasteiger partial charge is 0.871 e. The van der Waals surface area contributed by atoms with E-state index in [4.69, 9.17) is 17.2 Å². The molecule has 0 aliphatic heterocycles. The van der Waals surface area contributed by atoms with E-state index < -0.39 is 62.2 Å². The van der Waals surface area contributed by atoms with Crippen molar-refractivity contribution in [3.8, 4) is 16.9 Å². The molecule has 0 atom stereocenters. The minimum absolute atomic E-state index is 0. The van der Waals surface area contributed by atoms with Crippen molar-refractivity contribution in [3.63, 3.8) is 0 Å². The number of hydrogen-bond acceptors (Lipinski definition) is 18. The fourth-order valence-corrected chi connectivity index (χ4v) is 6.88. The summed E-state index contributed by atoms with van der Waals surface area (Å²) in [5.74, 6) is -0.973. The van der Waals surface area contributed by atoms with E-state index in [1.165, 1.54) is 60.7 Å². The van der Waals surface area contributed by atoms with Crippen LogP contribution in [0.1, 0.15) is 0 Å². The van der Waals surface area contributed by atoms with Crippen LogP contribution in [0.2, 0.25) is 0 Å². The maximum atomic E-state index is 13.2. The first-order chi connectivity index (χ1) is 26.3. The summed E-state index contributed by atoms with van der Waals surface area (Å²) in [7, 11) is -14.9. The zero-order valence-electron chi connectivity index (χ0n) is 31.1. The quantitative estimate of drug-likeness (QED) is 0.0485. The summed E-state index contributed by atoms with van der Waals surface area (Å²) in [5.41, 5.74) is 18.5. The summed E-state index contributed by atoms with van der Waals surface area (Å²) < 4.78 is 104. The van der Waals surface area contributed by atoms with Gasteiger partial charge in [0.1, 0.15) is 42.2 Å². The van der Waals surface area contributed by atoms with Crippen molar-refractivity contribution in [2.24, 2.45) is 30.7 Å². The Morgan fingerprint density at radius 1 is 0.508 bits per heavy atom. The number of azo groups is 3. The molecular formula is C34H24N9Na3O10S3. The largest absolute Gasteiger partial charge is 1.00 e. The molecule has 0 spiro atoms. The summed E-state index contributed by atoms with van der Waals surface area (Å²) >= 11 is 0. The average Bonchev–Trinajstić information content (AvgIpc) is 3.13. The molecule has 0 aromatic heterocycles. The van der Waals surface area contributed by atoms with Gasteiger partial charge in [-0.2, -0.15) is 18.6 Å². The van der Waals surface area contributed by atoms with Gasteiger partial charge in [0, 0.05) is 5.69 Å². The van der Waals surface area contributed by atoms with E-state index in [0.717, 1.165) is 30.3 Å². The molecule has 7 N–H and O–H groups in total. The van der Waals surface area contributed by atoms with Crippen molar-refractivity contribution in [3.05, 3.63) is 103 Å². The maximum absolute atomic E-state index is 13.2. The van der Waals surface area contributed by atoms with Gasteiger partial charge in [-0.15, -0.1) is 20.5 Å². The molecule has 6 rings (SSSR count). The summed E-state index contributed by atoms with van der Waals surface area (Å²) in [4.78, 5) is -2.16. The molecule has 0 aliphatic carbocycles. The van der Waals surface area contributed by atoms with Crippen molar-refractivity contribution >= 4 is 92.3 Å². The number of nitrogen functional groups attached to an aromatic ring is 3. The third-order valence-electron chi connectivity index (χ3n) is 7.87. The minimum Gasteiger partial charge on any atom is -0.871 e. The molecule has 0 fully saturated rings. The normalized spacial score (nSPS) is 12.1. The second-order valence-electron chi connectivity index (χ2n) is 11.7. The van der Waals surface area contributed by atoms with Crippen LogP contribution in [0.15, 0.2) is 149 Å². The molecule has 6 aromatic rings. The molecule has 0 saturated heterocycles. The molecule has 0 radical (unpaired) electrons. The second kappa shape index (κ2) is 19.8. The molecule has 286 valence electrons. The molecule has 0 saturated carbocycles. The van der Waals surface area contributed by atoms with Crippen molar-refractivity contribution in [2.75, 3.05) is 17.2 Å².